The average Bonchev–Trinajstić information content (AvgIpc) is 2.68. The van der Waals surface area contributed by atoms with Gasteiger partial charge in [-0.1, -0.05) is 55.5 Å². The monoisotopic (exact) mass is 338 g/mol. The number of amides is 2. The van der Waals surface area contributed by atoms with Crippen LogP contribution in [0.2, 0.25) is 0 Å². The van der Waals surface area contributed by atoms with Crippen LogP contribution >= 0.6 is 0 Å². The Kier molecular flexibility index (Phi) is 5.71. The molecule has 0 spiro atoms. The molecule has 1 unspecified atom stereocenters. The average molecular weight is 338 g/mol. The number of likely N-dealkylation sites (tertiary alicyclic amines) is 1. The summed E-state index contributed by atoms with van der Waals surface area (Å²) in [6.45, 7) is 3.44. The Morgan fingerprint density at radius 1 is 1.12 bits per heavy atom. The predicted octanol–water partition coefficient (Wildman–Crippen LogP) is 4.23. The maximum atomic E-state index is 12.5. The molecule has 1 aliphatic rings. The number of carbonyl (C=O) groups excluding carboxylic acids is 1. The molecule has 132 valence electrons. The number of nitrogens with zero attached hydrogens (tertiary/aromatic N) is 1. The van der Waals surface area contributed by atoms with Gasteiger partial charge in [-0.15, -0.1) is 0 Å². The topological polar surface area (TPSA) is 52.6 Å². The fourth-order valence-corrected chi connectivity index (χ4v) is 3.49. The highest BCUT2D eigenvalue weighted by Gasteiger charge is 2.28. The van der Waals surface area contributed by atoms with Gasteiger partial charge in [0, 0.05) is 18.8 Å². The van der Waals surface area contributed by atoms with Gasteiger partial charge < -0.3 is 15.3 Å². The normalized spacial score (nSPS) is 16.5. The van der Waals surface area contributed by atoms with Crippen molar-refractivity contribution in [1.82, 2.24) is 4.90 Å². The molecule has 1 saturated heterocycles. The zero-order valence-electron chi connectivity index (χ0n) is 14.7. The third kappa shape index (κ3) is 4.20. The number of carbonyl (C=O) groups is 1. The van der Waals surface area contributed by atoms with Crippen molar-refractivity contribution in [2.24, 2.45) is 5.92 Å². The molecule has 0 aliphatic carbocycles. The molecule has 2 N–H and O–H groups in total. The zero-order chi connectivity index (χ0) is 17.6. The van der Waals surface area contributed by atoms with Crippen molar-refractivity contribution in [2.45, 2.75) is 32.3 Å². The Morgan fingerprint density at radius 3 is 2.44 bits per heavy atom. The molecule has 0 aromatic heterocycles. The highest BCUT2D eigenvalue weighted by atomic mass is 16.3. The Hall–Kier alpha value is -2.33. The van der Waals surface area contributed by atoms with Gasteiger partial charge in [0.25, 0.3) is 0 Å². The molecule has 2 aromatic rings. The molecule has 2 aromatic carbocycles. The molecule has 4 heteroatoms. The highest BCUT2D eigenvalue weighted by Crippen LogP contribution is 2.30. The molecule has 0 saturated carbocycles. The van der Waals surface area contributed by atoms with E-state index in [1.165, 1.54) is 0 Å². The number of piperidine rings is 1. The second-order valence-corrected chi connectivity index (χ2v) is 6.62. The van der Waals surface area contributed by atoms with Gasteiger partial charge in [-0.05, 0) is 42.4 Å². The van der Waals surface area contributed by atoms with E-state index in [0.717, 1.165) is 36.1 Å². The summed E-state index contributed by atoms with van der Waals surface area (Å²) in [5.74, 6) is 0.203. The zero-order valence-corrected chi connectivity index (χ0v) is 14.7. The van der Waals surface area contributed by atoms with E-state index >= 15 is 0 Å². The Labute approximate surface area is 149 Å². The third-order valence-corrected chi connectivity index (χ3v) is 5.05. The second kappa shape index (κ2) is 8.17. The van der Waals surface area contributed by atoms with Gasteiger partial charge in [-0.25, -0.2) is 4.79 Å². The first-order valence-corrected chi connectivity index (χ1v) is 9.06. The lowest BCUT2D eigenvalue weighted by molar-refractivity contribution is 0.0683. The number of aliphatic hydroxyl groups is 1. The number of anilines is 1. The Bertz CT molecular complexity index is 694. The van der Waals surface area contributed by atoms with Crippen LogP contribution in [-0.4, -0.2) is 29.1 Å². The largest absolute Gasteiger partial charge is 0.388 e. The summed E-state index contributed by atoms with van der Waals surface area (Å²) < 4.78 is 0. The van der Waals surface area contributed by atoms with Crippen LogP contribution in [0.1, 0.15) is 37.0 Å². The summed E-state index contributed by atoms with van der Waals surface area (Å²) in [6.07, 6.45) is 2.08. The van der Waals surface area contributed by atoms with Gasteiger partial charge in [-0.3, -0.25) is 0 Å². The highest BCUT2D eigenvalue weighted by molar-refractivity contribution is 5.90. The summed E-state index contributed by atoms with van der Waals surface area (Å²) >= 11 is 0. The fraction of sp³-hybridized carbons (Fsp3) is 0.381. The maximum absolute atomic E-state index is 12.5. The smallest absolute Gasteiger partial charge is 0.321 e. The van der Waals surface area contributed by atoms with E-state index in [0.29, 0.717) is 13.1 Å². The van der Waals surface area contributed by atoms with E-state index in [-0.39, 0.29) is 11.9 Å². The van der Waals surface area contributed by atoms with E-state index < -0.39 is 6.10 Å². The van der Waals surface area contributed by atoms with Crippen molar-refractivity contribution in [3.05, 3.63) is 65.7 Å². The van der Waals surface area contributed by atoms with Gasteiger partial charge in [0.1, 0.15) is 0 Å². The maximum Gasteiger partial charge on any atom is 0.321 e. The van der Waals surface area contributed by atoms with Crippen molar-refractivity contribution >= 4 is 11.7 Å². The minimum Gasteiger partial charge on any atom is -0.388 e. The van der Waals surface area contributed by atoms with Crippen LogP contribution in [0.3, 0.4) is 0 Å². The molecular formula is C21H26N2O2. The molecule has 2 amide bonds. The first kappa shape index (κ1) is 17.5. The number of aryl methyl sites for hydroxylation is 1. The molecule has 1 fully saturated rings. The number of urea groups is 1. The lowest BCUT2D eigenvalue weighted by atomic mass is 9.87. The Balaban J connectivity index is 1.56. The first-order valence-electron chi connectivity index (χ1n) is 9.06. The molecule has 3 rings (SSSR count). The van der Waals surface area contributed by atoms with Crippen LogP contribution in [0.15, 0.2) is 54.6 Å². The predicted molar refractivity (Wildman–Crippen MR) is 101 cm³/mol. The molecule has 1 aliphatic heterocycles. The number of hydrogen-bond acceptors (Lipinski definition) is 2. The van der Waals surface area contributed by atoms with Crippen molar-refractivity contribution in [2.75, 3.05) is 18.4 Å². The van der Waals surface area contributed by atoms with E-state index in [4.69, 9.17) is 0 Å². The number of hydrogen-bond donors (Lipinski definition) is 2. The standard InChI is InChI=1S/C21H26N2O2/c1-2-16-8-6-7-11-19(16)22-21(25)23-14-12-18(13-15-23)20(24)17-9-4-3-5-10-17/h3-11,18,20,24H,2,12-15H2,1H3,(H,22,25). The number of para-hydroxylation sites is 1. The molecular weight excluding hydrogens is 312 g/mol. The lowest BCUT2D eigenvalue weighted by Crippen LogP contribution is -2.42. The summed E-state index contributed by atoms with van der Waals surface area (Å²) in [6, 6.07) is 17.7. The van der Waals surface area contributed by atoms with E-state index in [2.05, 4.69) is 12.2 Å². The van der Waals surface area contributed by atoms with Gasteiger partial charge in [0.05, 0.1) is 6.10 Å². The first-order chi connectivity index (χ1) is 12.2. The minimum atomic E-state index is -0.452. The van der Waals surface area contributed by atoms with Crippen LogP contribution in [0.4, 0.5) is 10.5 Å². The molecule has 1 heterocycles. The third-order valence-electron chi connectivity index (χ3n) is 5.05. The number of benzene rings is 2. The number of aliphatic hydroxyl groups excluding tert-OH is 1. The molecule has 4 nitrogen and oxygen atoms in total. The van der Waals surface area contributed by atoms with Crippen LogP contribution in [0.5, 0.6) is 0 Å². The summed E-state index contributed by atoms with van der Waals surface area (Å²) in [5, 5.41) is 13.6. The van der Waals surface area contributed by atoms with Gasteiger partial charge >= 0.3 is 6.03 Å². The number of nitrogens with one attached hydrogen (secondary N) is 1. The van der Waals surface area contributed by atoms with E-state index in [9.17, 15) is 9.90 Å². The molecule has 0 radical (unpaired) electrons. The van der Waals surface area contributed by atoms with Crippen molar-refractivity contribution in [1.29, 1.82) is 0 Å². The summed E-state index contributed by atoms with van der Waals surface area (Å²) in [5.41, 5.74) is 2.99. The quantitative estimate of drug-likeness (QED) is 0.877. The van der Waals surface area contributed by atoms with Crippen LogP contribution in [-0.2, 0) is 6.42 Å². The number of rotatable bonds is 4. The molecule has 1 atom stereocenters. The second-order valence-electron chi connectivity index (χ2n) is 6.62. The molecule has 25 heavy (non-hydrogen) atoms. The van der Waals surface area contributed by atoms with Gasteiger partial charge in [0.15, 0.2) is 0 Å². The van der Waals surface area contributed by atoms with Gasteiger partial charge in [-0.2, -0.15) is 0 Å². The van der Waals surface area contributed by atoms with Crippen molar-refractivity contribution < 1.29 is 9.90 Å². The summed E-state index contributed by atoms with van der Waals surface area (Å²) in [7, 11) is 0. The SMILES string of the molecule is CCc1ccccc1NC(=O)N1CCC(C(O)c2ccccc2)CC1. The minimum absolute atomic E-state index is 0.0476. The van der Waals surface area contributed by atoms with Crippen LogP contribution < -0.4 is 5.32 Å². The Morgan fingerprint density at radius 2 is 1.76 bits per heavy atom. The van der Waals surface area contributed by atoms with Gasteiger partial charge in [0.2, 0.25) is 0 Å². The van der Waals surface area contributed by atoms with Crippen LogP contribution in [0, 0.1) is 5.92 Å². The van der Waals surface area contributed by atoms with Crippen molar-refractivity contribution in [3.63, 3.8) is 0 Å². The van der Waals surface area contributed by atoms with E-state index in [1.807, 2.05) is 59.5 Å². The summed E-state index contributed by atoms with van der Waals surface area (Å²) in [4.78, 5) is 14.4. The van der Waals surface area contributed by atoms with Crippen LogP contribution in [0.25, 0.3) is 0 Å². The van der Waals surface area contributed by atoms with Crippen molar-refractivity contribution in [3.8, 4) is 0 Å². The van der Waals surface area contributed by atoms with E-state index in [1.54, 1.807) is 0 Å². The fourth-order valence-electron chi connectivity index (χ4n) is 3.49. The lowest BCUT2D eigenvalue weighted by Gasteiger charge is -2.34. The molecule has 0 bridgehead atoms.